The van der Waals surface area contributed by atoms with Gasteiger partial charge in [0.25, 0.3) is 5.56 Å². The topological polar surface area (TPSA) is 73.8 Å². The average Bonchev–Trinajstić information content (AvgIpc) is 2.79. The molecule has 0 aliphatic heterocycles. The molecule has 116 valence electrons. The molecule has 0 amide bonds. The minimum atomic E-state index is -0.307. The van der Waals surface area contributed by atoms with Gasteiger partial charge in [0.2, 0.25) is 0 Å². The lowest BCUT2D eigenvalue weighted by molar-refractivity contribution is 0.499. The fourth-order valence-corrected chi connectivity index (χ4v) is 2.57. The highest BCUT2D eigenvalue weighted by Gasteiger charge is 2.19. The maximum absolute atomic E-state index is 12.5. The van der Waals surface area contributed by atoms with Crippen LogP contribution in [0.15, 0.2) is 9.59 Å². The lowest BCUT2D eigenvalue weighted by Crippen LogP contribution is -2.39. The zero-order chi connectivity index (χ0) is 15.7. The molecule has 0 spiro atoms. The molecule has 0 radical (unpaired) electrons. The van der Waals surface area contributed by atoms with Crippen LogP contribution < -0.4 is 16.6 Å². The Morgan fingerprint density at radius 1 is 1.24 bits per heavy atom. The normalized spacial score (nSPS) is 11.7. The second-order valence-electron chi connectivity index (χ2n) is 5.63. The molecule has 21 heavy (non-hydrogen) atoms. The number of nitrogens with zero attached hydrogens (tertiary/aromatic N) is 4. The minimum Gasteiger partial charge on any atom is -0.321 e. The first-order valence-electron chi connectivity index (χ1n) is 7.25. The van der Waals surface area contributed by atoms with Crippen molar-refractivity contribution in [2.75, 3.05) is 7.05 Å². The van der Waals surface area contributed by atoms with Gasteiger partial charge in [-0.05, 0) is 19.9 Å². The molecule has 0 aliphatic rings. The average molecular weight is 293 g/mol. The molecule has 0 bridgehead atoms. The molecule has 2 heterocycles. The third-order valence-corrected chi connectivity index (χ3v) is 3.51. The van der Waals surface area contributed by atoms with Crippen LogP contribution in [0.1, 0.15) is 26.6 Å². The first-order valence-corrected chi connectivity index (χ1v) is 7.25. The van der Waals surface area contributed by atoms with E-state index >= 15 is 0 Å². The second kappa shape index (κ2) is 5.85. The third kappa shape index (κ3) is 2.53. The van der Waals surface area contributed by atoms with Crippen LogP contribution in [0.5, 0.6) is 0 Å². The molecule has 0 aromatic carbocycles. The van der Waals surface area contributed by atoms with E-state index < -0.39 is 0 Å². The fraction of sp³-hybridized carbons (Fsp3) is 0.643. The first kappa shape index (κ1) is 15.5. The Balaban J connectivity index is 2.90. The van der Waals surface area contributed by atoms with E-state index in [0.29, 0.717) is 36.7 Å². The summed E-state index contributed by atoms with van der Waals surface area (Å²) in [7, 11) is 3.35. The summed E-state index contributed by atoms with van der Waals surface area (Å²) < 4.78 is 4.65. The summed E-state index contributed by atoms with van der Waals surface area (Å²) >= 11 is 0. The predicted octanol–water partition coefficient (Wildman–Crippen LogP) is 0.292. The molecule has 0 aliphatic carbocycles. The SMILES string of the molecule is CCn1c(CNC)nc2c1c(=O)n(C)c(=O)n2CC(C)C. The van der Waals surface area contributed by atoms with Gasteiger partial charge in [0.1, 0.15) is 5.82 Å². The molecule has 0 unspecified atom stereocenters. The number of rotatable bonds is 5. The molecular weight excluding hydrogens is 270 g/mol. The van der Waals surface area contributed by atoms with Gasteiger partial charge >= 0.3 is 5.69 Å². The van der Waals surface area contributed by atoms with Crippen molar-refractivity contribution in [2.45, 2.75) is 40.4 Å². The number of imidazole rings is 1. The van der Waals surface area contributed by atoms with Gasteiger partial charge < -0.3 is 9.88 Å². The molecule has 2 aromatic heterocycles. The van der Waals surface area contributed by atoms with Crippen LogP contribution in [-0.4, -0.2) is 25.7 Å². The van der Waals surface area contributed by atoms with Crippen molar-refractivity contribution in [1.29, 1.82) is 0 Å². The third-order valence-electron chi connectivity index (χ3n) is 3.51. The Bertz CT molecular complexity index is 766. The van der Waals surface area contributed by atoms with Crippen LogP contribution in [0.25, 0.3) is 11.2 Å². The molecule has 1 N–H and O–H groups in total. The van der Waals surface area contributed by atoms with Gasteiger partial charge in [-0.2, -0.15) is 0 Å². The highest BCUT2D eigenvalue weighted by molar-refractivity contribution is 5.71. The van der Waals surface area contributed by atoms with E-state index in [-0.39, 0.29) is 11.2 Å². The summed E-state index contributed by atoms with van der Waals surface area (Å²) in [5.41, 5.74) is 0.402. The number of fused-ring (bicyclic) bond motifs is 1. The Labute approximate surface area is 123 Å². The van der Waals surface area contributed by atoms with Crippen molar-refractivity contribution in [3.63, 3.8) is 0 Å². The van der Waals surface area contributed by atoms with Crippen molar-refractivity contribution in [3.8, 4) is 0 Å². The molecule has 2 rings (SSSR count). The number of aromatic nitrogens is 4. The number of aryl methyl sites for hydroxylation is 1. The van der Waals surface area contributed by atoms with Crippen molar-refractivity contribution < 1.29 is 0 Å². The molecular formula is C14H23N5O2. The lowest BCUT2D eigenvalue weighted by Gasteiger charge is -2.11. The number of hydrogen-bond acceptors (Lipinski definition) is 4. The van der Waals surface area contributed by atoms with Gasteiger partial charge in [0.15, 0.2) is 11.2 Å². The van der Waals surface area contributed by atoms with E-state index in [1.807, 2.05) is 32.4 Å². The first-order chi connectivity index (χ1) is 9.92. The van der Waals surface area contributed by atoms with Gasteiger partial charge in [0, 0.05) is 20.1 Å². The van der Waals surface area contributed by atoms with Crippen molar-refractivity contribution in [1.82, 2.24) is 24.0 Å². The van der Waals surface area contributed by atoms with Gasteiger partial charge in [-0.1, -0.05) is 13.8 Å². The van der Waals surface area contributed by atoms with Crippen molar-refractivity contribution in [2.24, 2.45) is 13.0 Å². The zero-order valence-corrected chi connectivity index (χ0v) is 13.3. The van der Waals surface area contributed by atoms with Crippen LogP contribution in [0.3, 0.4) is 0 Å². The molecule has 0 fully saturated rings. The van der Waals surface area contributed by atoms with Gasteiger partial charge in [0.05, 0.1) is 6.54 Å². The molecule has 0 saturated carbocycles. The van der Waals surface area contributed by atoms with Crippen LogP contribution in [0.2, 0.25) is 0 Å². The standard InChI is InChI=1S/C14H23N5O2/c1-6-18-10(7-15-4)16-12-11(18)13(20)17(5)14(21)19(12)8-9(2)3/h9,15H,6-8H2,1-5H3. The van der Waals surface area contributed by atoms with E-state index in [1.165, 1.54) is 11.6 Å². The summed E-state index contributed by atoms with van der Waals surface area (Å²) in [6, 6.07) is 0. The minimum absolute atomic E-state index is 0.285. The maximum atomic E-state index is 12.5. The molecule has 0 saturated heterocycles. The van der Waals surface area contributed by atoms with E-state index in [2.05, 4.69) is 10.3 Å². The Morgan fingerprint density at radius 3 is 2.43 bits per heavy atom. The smallest absolute Gasteiger partial charge is 0.321 e. The molecule has 7 heteroatoms. The van der Waals surface area contributed by atoms with Crippen LogP contribution in [0, 0.1) is 5.92 Å². The summed E-state index contributed by atoms with van der Waals surface area (Å²) in [4.78, 5) is 29.4. The van der Waals surface area contributed by atoms with Crippen molar-refractivity contribution >= 4 is 11.2 Å². The van der Waals surface area contributed by atoms with E-state index in [0.717, 1.165) is 5.82 Å². The van der Waals surface area contributed by atoms with Crippen LogP contribution >= 0.6 is 0 Å². The summed E-state index contributed by atoms with van der Waals surface area (Å²) in [5.74, 6) is 1.07. The van der Waals surface area contributed by atoms with Crippen molar-refractivity contribution in [3.05, 3.63) is 26.7 Å². The summed E-state index contributed by atoms with van der Waals surface area (Å²) in [6.07, 6.45) is 0. The Kier molecular flexibility index (Phi) is 4.32. The van der Waals surface area contributed by atoms with Gasteiger partial charge in [-0.3, -0.25) is 13.9 Å². The number of hydrogen-bond donors (Lipinski definition) is 1. The summed E-state index contributed by atoms with van der Waals surface area (Å²) in [6.45, 7) is 7.79. The second-order valence-corrected chi connectivity index (χ2v) is 5.63. The van der Waals surface area contributed by atoms with Crippen LogP contribution in [-0.2, 0) is 26.7 Å². The van der Waals surface area contributed by atoms with Gasteiger partial charge in [-0.25, -0.2) is 9.78 Å². The fourth-order valence-electron chi connectivity index (χ4n) is 2.57. The maximum Gasteiger partial charge on any atom is 0.332 e. The highest BCUT2D eigenvalue weighted by atomic mass is 16.2. The lowest BCUT2D eigenvalue weighted by atomic mass is 10.2. The highest BCUT2D eigenvalue weighted by Crippen LogP contribution is 2.12. The van der Waals surface area contributed by atoms with Crippen LogP contribution in [0.4, 0.5) is 0 Å². The Hall–Kier alpha value is -1.89. The molecule has 0 atom stereocenters. The summed E-state index contributed by atoms with van der Waals surface area (Å²) in [5, 5.41) is 3.05. The largest absolute Gasteiger partial charge is 0.332 e. The van der Waals surface area contributed by atoms with E-state index in [1.54, 1.807) is 4.57 Å². The van der Waals surface area contributed by atoms with E-state index in [4.69, 9.17) is 0 Å². The van der Waals surface area contributed by atoms with Gasteiger partial charge in [-0.15, -0.1) is 0 Å². The Morgan fingerprint density at radius 2 is 1.90 bits per heavy atom. The quantitative estimate of drug-likeness (QED) is 0.860. The monoisotopic (exact) mass is 293 g/mol. The van der Waals surface area contributed by atoms with E-state index in [9.17, 15) is 9.59 Å². The zero-order valence-electron chi connectivity index (χ0n) is 13.3. The predicted molar refractivity (Wildman–Crippen MR) is 82.5 cm³/mol. The molecule has 2 aromatic rings. The number of nitrogens with one attached hydrogen (secondary N) is 1. The molecule has 7 nitrogen and oxygen atoms in total.